The van der Waals surface area contributed by atoms with Crippen molar-refractivity contribution >= 4 is 62.2 Å². The largest absolute Gasteiger partial charge is 0.748 e. The number of rotatable bonds is 13. The molecule has 2 aliphatic heterocycles. The van der Waals surface area contributed by atoms with E-state index < -0.39 is 10.1 Å². The van der Waals surface area contributed by atoms with E-state index in [0.717, 1.165) is 49.3 Å². The molecule has 1 amide bonds. The van der Waals surface area contributed by atoms with Gasteiger partial charge >= 0.3 is 5.91 Å². The van der Waals surface area contributed by atoms with E-state index in [1.54, 1.807) is 12.1 Å². The van der Waals surface area contributed by atoms with Crippen LogP contribution in [-0.2, 0) is 14.9 Å². The number of benzene rings is 2. The molecule has 0 aromatic heterocycles. The van der Waals surface area contributed by atoms with Gasteiger partial charge in [-0.3, -0.25) is 9.80 Å². The Balaban J connectivity index is 0.000000308. The number of hydrogen-bond acceptors (Lipinski definition) is 6. The quantitative estimate of drug-likeness (QED) is 0.181. The normalized spacial score (nSPS) is 17.3. The van der Waals surface area contributed by atoms with Crippen molar-refractivity contribution in [1.29, 1.82) is 0 Å². The molecular formula is C31H43Cl3N4O4S. The van der Waals surface area contributed by atoms with Crippen LogP contribution in [-0.4, -0.2) is 43.4 Å². The smallest absolute Gasteiger partial charge is 0.312 e. The Kier molecular flexibility index (Phi) is 15.0. The van der Waals surface area contributed by atoms with Crippen molar-refractivity contribution in [2.24, 2.45) is 5.10 Å². The van der Waals surface area contributed by atoms with Crippen LogP contribution in [0.25, 0.3) is 0 Å². The molecule has 8 nitrogen and oxygen atoms in total. The number of unbranched alkanes of at least 4 members (excludes halogenated alkanes) is 7. The molecule has 0 bridgehead atoms. The van der Waals surface area contributed by atoms with E-state index in [0.29, 0.717) is 39.3 Å². The molecule has 0 spiro atoms. The minimum Gasteiger partial charge on any atom is -0.748 e. The molecule has 43 heavy (non-hydrogen) atoms. The number of anilines is 1. The van der Waals surface area contributed by atoms with Gasteiger partial charge in [0.1, 0.15) is 5.71 Å². The predicted octanol–water partition coefficient (Wildman–Crippen LogP) is 6.73. The van der Waals surface area contributed by atoms with E-state index in [1.807, 2.05) is 35.3 Å². The molecule has 4 rings (SSSR count). The van der Waals surface area contributed by atoms with Gasteiger partial charge in [-0.15, -0.1) is 0 Å². The summed E-state index contributed by atoms with van der Waals surface area (Å²) in [6.45, 7) is 4.08. The van der Waals surface area contributed by atoms with Crippen LogP contribution in [0.3, 0.4) is 0 Å². The lowest BCUT2D eigenvalue weighted by molar-refractivity contribution is -0.940. The van der Waals surface area contributed by atoms with E-state index >= 15 is 0 Å². The van der Waals surface area contributed by atoms with Crippen LogP contribution in [0.1, 0.15) is 95.6 Å². The minimum absolute atomic E-state index is 0.131. The van der Waals surface area contributed by atoms with Gasteiger partial charge in [-0.25, -0.2) is 13.4 Å². The predicted molar refractivity (Wildman–Crippen MR) is 175 cm³/mol. The van der Waals surface area contributed by atoms with Gasteiger partial charge in [0.2, 0.25) is 0 Å². The van der Waals surface area contributed by atoms with Crippen LogP contribution >= 0.6 is 34.8 Å². The highest BCUT2D eigenvalue weighted by molar-refractivity contribution is 7.85. The molecule has 1 saturated heterocycles. The number of nitrogens with zero attached hydrogens (tertiary/aromatic N) is 2. The molecule has 0 radical (unpaired) electrons. The van der Waals surface area contributed by atoms with Gasteiger partial charge in [0.25, 0.3) is 0 Å². The first-order chi connectivity index (χ1) is 20.6. The van der Waals surface area contributed by atoms with Crippen LogP contribution in [0.15, 0.2) is 47.6 Å². The van der Waals surface area contributed by atoms with E-state index in [2.05, 4.69) is 17.5 Å². The molecule has 2 aliphatic rings. The number of hydrogen-bond donors (Lipinski definition) is 2. The van der Waals surface area contributed by atoms with Crippen molar-refractivity contribution in [3.8, 4) is 0 Å². The molecule has 2 aromatic carbocycles. The Morgan fingerprint density at radius 3 is 2.14 bits per heavy atom. The molecule has 1 unspecified atom stereocenters. The molecule has 12 heteroatoms. The van der Waals surface area contributed by atoms with Crippen LogP contribution in [0.2, 0.25) is 15.1 Å². The van der Waals surface area contributed by atoms with Crippen molar-refractivity contribution in [2.75, 3.05) is 23.9 Å². The SMILES string of the molecule is CCCCCCCCCCS(=O)(=O)[O-].O=C(N[NH+]1CCCCC1)C1=NN(c2ccc(Cl)cc2Cl)C(c2ccc(Cl)cc2)C1. The van der Waals surface area contributed by atoms with Crippen LogP contribution in [0.4, 0.5) is 5.69 Å². The summed E-state index contributed by atoms with van der Waals surface area (Å²) in [5.41, 5.74) is 5.30. The van der Waals surface area contributed by atoms with Crippen molar-refractivity contribution in [2.45, 2.75) is 90.0 Å². The third kappa shape index (κ3) is 12.6. The van der Waals surface area contributed by atoms with Crippen LogP contribution in [0.5, 0.6) is 0 Å². The van der Waals surface area contributed by atoms with Gasteiger partial charge in [0.15, 0.2) is 0 Å². The van der Waals surface area contributed by atoms with E-state index in [4.69, 9.17) is 34.8 Å². The molecular weight excluding hydrogens is 631 g/mol. The maximum Gasteiger partial charge on any atom is 0.312 e. The molecule has 2 aromatic rings. The summed E-state index contributed by atoms with van der Waals surface area (Å²) >= 11 is 18.6. The number of nitrogens with one attached hydrogen (secondary N) is 2. The zero-order valence-corrected chi connectivity index (χ0v) is 27.9. The second-order valence-corrected chi connectivity index (χ2v) is 13.9. The molecule has 1 atom stereocenters. The summed E-state index contributed by atoms with van der Waals surface area (Å²) < 4.78 is 30.7. The van der Waals surface area contributed by atoms with Gasteiger partial charge in [-0.05, 0) is 61.6 Å². The maximum absolute atomic E-state index is 12.9. The minimum atomic E-state index is -3.98. The van der Waals surface area contributed by atoms with Crippen molar-refractivity contribution in [1.82, 2.24) is 5.43 Å². The summed E-state index contributed by atoms with van der Waals surface area (Å²) in [6.07, 6.45) is 12.6. The van der Waals surface area contributed by atoms with Gasteiger partial charge in [-0.2, -0.15) is 10.5 Å². The van der Waals surface area contributed by atoms with Gasteiger partial charge in [0.05, 0.1) is 40.0 Å². The lowest BCUT2D eigenvalue weighted by Gasteiger charge is -2.25. The zero-order chi connectivity index (χ0) is 31.2. The van der Waals surface area contributed by atoms with Crippen LogP contribution in [0, 0.1) is 0 Å². The number of quaternary nitrogens is 1. The molecule has 2 N–H and O–H groups in total. The number of amides is 1. The first-order valence-electron chi connectivity index (χ1n) is 15.2. The summed E-state index contributed by atoms with van der Waals surface area (Å²) in [7, 11) is -3.98. The number of hydrazone groups is 1. The molecule has 0 aliphatic carbocycles. The summed E-state index contributed by atoms with van der Waals surface area (Å²) in [4.78, 5) is 12.9. The zero-order valence-electron chi connectivity index (χ0n) is 24.8. The topological polar surface area (TPSA) is 106 Å². The maximum atomic E-state index is 12.9. The number of carbonyl (C=O) groups is 1. The monoisotopic (exact) mass is 672 g/mol. The lowest BCUT2D eigenvalue weighted by Crippen LogP contribution is -3.20. The molecule has 238 valence electrons. The first-order valence-corrected chi connectivity index (χ1v) is 18.0. The van der Waals surface area contributed by atoms with Gasteiger partial charge in [0, 0.05) is 22.2 Å². The van der Waals surface area contributed by atoms with Crippen LogP contribution < -0.4 is 15.4 Å². The third-order valence-corrected chi connectivity index (χ3v) is 9.16. The Morgan fingerprint density at radius 2 is 1.53 bits per heavy atom. The highest BCUT2D eigenvalue weighted by Gasteiger charge is 2.34. The second-order valence-electron chi connectivity index (χ2n) is 11.1. The number of halogens is 3. The first kappa shape index (κ1) is 35.6. The number of piperidine rings is 1. The Morgan fingerprint density at radius 1 is 0.930 bits per heavy atom. The van der Waals surface area contributed by atoms with E-state index in [-0.39, 0.29) is 17.7 Å². The summed E-state index contributed by atoms with van der Waals surface area (Å²) in [5.74, 6) is -0.324. The van der Waals surface area contributed by atoms with E-state index in [1.165, 1.54) is 38.5 Å². The lowest BCUT2D eigenvalue weighted by atomic mass is 10.0. The summed E-state index contributed by atoms with van der Waals surface area (Å²) in [5, 5.41) is 9.28. The van der Waals surface area contributed by atoms with Gasteiger partial charge in [-0.1, -0.05) is 98.8 Å². The standard InChI is InChI=1S/C21H21Cl3N4O.C10H22O3S/c22-15-6-4-14(5-7-15)20-13-18(21(29)26-27-10-2-1-3-11-27)25-28(20)19-9-8-16(23)12-17(19)24;1-2-3-4-5-6-7-8-9-10-14(11,12)13/h4-9,12,20H,1-3,10-11,13H2,(H,26,29);2-10H2,1H3,(H,11,12,13). The fourth-order valence-electron chi connectivity index (χ4n) is 5.23. The van der Waals surface area contributed by atoms with Crippen molar-refractivity contribution < 1.29 is 22.8 Å². The highest BCUT2D eigenvalue weighted by Crippen LogP contribution is 2.39. The average molecular weight is 674 g/mol. The Bertz CT molecular complexity index is 1300. The van der Waals surface area contributed by atoms with E-state index in [9.17, 15) is 17.8 Å². The third-order valence-electron chi connectivity index (χ3n) is 7.58. The fourth-order valence-corrected chi connectivity index (χ4v) is 6.41. The highest BCUT2D eigenvalue weighted by atomic mass is 35.5. The average Bonchev–Trinajstić information content (AvgIpc) is 3.41. The molecule has 1 fully saturated rings. The van der Waals surface area contributed by atoms with Crippen molar-refractivity contribution in [3.05, 3.63) is 63.1 Å². The molecule has 2 heterocycles. The second kappa shape index (κ2) is 18.2. The fraction of sp³-hybridized carbons (Fsp3) is 0.548. The van der Waals surface area contributed by atoms with Crippen molar-refractivity contribution in [3.63, 3.8) is 0 Å². The van der Waals surface area contributed by atoms with Gasteiger partial charge < -0.3 is 4.55 Å². The Labute approximate surface area is 271 Å². The number of carbonyl (C=O) groups excluding carboxylic acids is 1. The molecule has 0 saturated carbocycles. The Hall–Kier alpha value is -1.88. The summed E-state index contributed by atoms with van der Waals surface area (Å²) in [6, 6.07) is 12.7.